The van der Waals surface area contributed by atoms with Crippen LogP contribution in [0, 0.1) is 17.1 Å². The molecule has 1 heterocycles. The molecule has 1 aromatic heterocycles. The summed E-state index contributed by atoms with van der Waals surface area (Å²) in [5, 5.41) is 14.5. The highest BCUT2D eigenvalue weighted by molar-refractivity contribution is 7.93. The summed E-state index contributed by atoms with van der Waals surface area (Å²) in [4.78, 5) is 12.1. The maximum Gasteiger partial charge on any atom is 0.238 e. The lowest BCUT2D eigenvalue weighted by molar-refractivity contribution is -0.120. The number of halogens is 1. The summed E-state index contributed by atoms with van der Waals surface area (Å²) in [5.41, 5.74) is 7.19. The van der Waals surface area contributed by atoms with Crippen LogP contribution in [0.5, 0.6) is 0 Å². The van der Waals surface area contributed by atoms with E-state index in [-0.39, 0.29) is 17.9 Å². The molecule has 0 fully saturated rings. The molecule has 0 aliphatic carbocycles. The van der Waals surface area contributed by atoms with Crippen molar-refractivity contribution in [3.8, 4) is 11.8 Å². The van der Waals surface area contributed by atoms with Crippen molar-refractivity contribution in [2.45, 2.75) is 44.1 Å². The topological polar surface area (TPSA) is 131 Å². The SMILES string of the molecule is CC(C)S(=O)(=O)C(C)C(=O)NCCCc1nn(-c2ccc(F)cc2)c(N)c1C#N. The molecule has 1 unspecified atom stereocenters. The molecule has 156 valence electrons. The predicted molar refractivity (Wildman–Crippen MR) is 107 cm³/mol. The van der Waals surface area contributed by atoms with Crippen LogP contribution in [-0.4, -0.2) is 41.2 Å². The molecule has 29 heavy (non-hydrogen) atoms. The number of aromatic nitrogens is 2. The lowest BCUT2D eigenvalue weighted by Crippen LogP contribution is -2.41. The number of nitrogen functional groups attached to an aromatic ring is 1. The van der Waals surface area contributed by atoms with Crippen LogP contribution in [0.2, 0.25) is 0 Å². The van der Waals surface area contributed by atoms with Gasteiger partial charge in [0, 0.05) is 6.54 Å². The fourth-order valence-electron chi connectivity index (χ4n) is 2.72. The molecule has 0 bridgehead atoms. The van der Waals surface area contributed by atoms with E-state index in [9.17, 15) is 22.9 Å². The Bertz CT molecular complexity index is 1020. The zero-order valence-corrected chi connectivity index (χ0v) is 17.3. The first-order valence-electron chi connectivity index (χ1n) is 9.13. The Hall–Kier alpha value is -2.93. The predicted octanol–water partition coefficient (Wildman–Crippen LogP) is 1.73. The number of nitrogens with zero attached hydrogens (tertiary/aromatic N) is 3. The molecule has 2 aromatic rings. The van der Waals surface area contributed by atoms with Gasteiger partial charge >= 0.3 is 0 Å². The number of sulfone groups is 1. The monoisotopic (exact) mass is 421 g/mol. The van der Waals surface area contributed by atoms with Gasteiger partial charge < -0.3 is 11.1 Å². The second kappa shape index (κ2) is 9.05. The molecule has 3 N–H and O–H groups in total. The molecule has 2 rings (SSSR count). The fourth-order valence-corrected chi connectivity index (χ4v) is 3.92. The van der Waals surface area contributed by atoms with Crippen LogP contribution in [0.25, 0.3) is 5.69 Å². The van der Waals surface area contributed by atoms with Crippen molar-refractivity contribution >= 4 is 21.6 Å². The number of hydrogen-bond acceptors (Lipinski definition) is 6. The summed E-state index contributed by atoms with van der Waals surface area (Å²) in [6, 6.07) is 7.55. The van der Waals surface area contributed by atoms with Crippen molar-refractivity contribution in [3.63, 3.8) is 0 Å². The number of amides is 1. The van der Waals surface area contributed by atoms with Crippen LogP contribution in [0.1, 0.15) is 38.4 Å². The number of anilines is 1. The smallest absolute Gasteiger partial charge is 0.238 e. The van der Waals surface area contributed by atoms with E-state index in [4.69, 9.17) is 5.73 Å². The van der Waals surface area contributed by atoms with E-state index in [1.54, 1.807) is 0 Å². The van der Waals surface area contributed by atoms with E-state index in [1.165, 1.54) is 49.7 Å². The molecule has 0 radical (unpaired) electrons. The molecule has 1 atom stereocenters. The number of rotatable bonds is 8. The first-order chi connectivity index (χ1) is 13.6. The Kier molecular flexibility index (Phi) is 6.97. The van der Waals surface area contributed by atoms with E-state index in [1.807, 2.05) is 6.07 Å². The van der Waals surface area contributed by atoms with Crippen LogP contribution in [0.4, 0.5) is 10.2 Å². The lowest BCUT2D eigenvalue weighted by Gasteiger charge is -2.15. The molecule has 0 saturated carbocycles. The van der Waals surface area contributed by atoms with Gasteiger partial charge in [0.25, 0.3) is 0 Å². The largest absolute Gasteiger partial charge is 0.382 e. The standard InChI is InChI=1S/C19H24FN5O3S/c1-12(2)29(27,28)13(3)19(26)23-10-4-5-17-16(11-21)18(22)25(24-17)15-8-6-14(20)7-9-15/h6-9,12-13H,4-5,10,22H2,1-3H3,(H,23,26). The fraction of sp³-hybridized carbons (Fsp3) is 0.421. The van der Waals surface area contributed by atoms with Gasteiger partial charge in [-0.2, -0.15) is 10.4 Å². The zero-order chi connectivity index (χ0) is 21.8. The Morgan fingerprint density at radius 3 is 2.48 bits per heavy atom. The Balaban J connectivity index is 2.03. The number of nitrogens with one attached hydrogen (secondary N) is 1. The van der Waals surface area contributed by atoms with Crippen LogP contribution >= 0.6 is 0 Å². The number of benzene rings is 1. The normalized spacial score (nSPS) is 12.6. The van der Waals surface area contributed by atoms with Crippen LogP contribution < -0.4 is 11.1 Å². The molecule has 0 aliphatic heterocycles. The van der Waals surface area contributed by atoms with E-state index in [2.05, 4.69) is 10.4 Å². The molecule has 0 aliphatic rings. The van der Waals surface area contributed by atoms with Crippen molar-refractivity contribution in [1.82, 2.24) is 15.1 Å². The van der Waals surface area contributed by atoms with Crippen LogP contribution in [0.15, 0.2) is 24.3 Å². The summed E-state index contributed by atoms with van der Waals surface area (Å²) in [5.74, 6) is -0.810. The summed E-state index contributed by atoms with van der Waals surface area (Å²) >= 11 is 0. The van der Waals surface area contributed by atoms with Crippen LogP contribution in [0.3, 0.4) is 0 Å². The average molecular weight is 421 g/mol. The van der Waals surface area contributed by atoms with Crippen molar-refractivity contribution in [3.05, 3.63) is 41.3 Å². The maximum absolute atomic E-state index is 13.1. The number of aryl methyl sites for hydroxylation is 1. The first kappa shape index (κ1) is 22.4. The van der Waals surface area contributed by atoms with Gasteiger partial charge in [0.1, 0.15) is 28.5 Å². The van der Waals surface area contributed by atoms with E-state index in [0.717, 1.165) is 0 Å². The molecule has 8 nitrogen and oxygen atoms in total. The van der Waals surface area contributed by atoms with E-state index < -0.39 is 32.1 Å². The summed E-state index contributed by atoms with van der Waals surface area (Å²) in [6.07, 6.45) is 0.793. The number of hydrogen-bond donors (Lipinski definition) is 2. The Labute approximate surface area is 169 Å². The van der Waals surface area contributed by atoms with E-state index in [0.29, 0.717) is 24.2 Å². The lowest BCUT2D eigenvalue weighted by atomic mass is 10.1. The second-order valence-electron chi connectivity index (χ2n) is 6.88. The quantitative estimate of drug-likeness (QED) is 0.624. The molecular formula is C19H24FN5O3S. The third-order valence-corrected chi connectivity index (χ3v) is 7.10. The van der Waals surface area contributed by atoms with Crippen molar-refractivity contribution < 1.29 is 17.6 Å². The van der Waals surface area contributed by atoms with Gasteiger partial charge in [-0.3, -0.25) is 4.79 Å². The van der Waals surface area contributed by atoms with Gasteiger partial charge in [-0.15, -0.1) is 0 Å². The third-order valence-electron chi connectivity index (χ3n) is 4.59. The minimum absolute atomic E-state index is 0.148. The molecule has 0 saturated heterocycles. The number of carbonyl (C=O) groups is 1. The van der Waals surface area contributed by atoms with Gasteiger partial charge in [-0.05, 0) is 57.9 Å². The third kappa shape index (κ3) is 4.92. The number of nitriles is 1. The second-order valence-corrected chi connectivity index (χ2v) is 9.71. The van der Waals surface area contributed by atoms with Crippen molar-refractivity contribution in [2.75, 3.05) is 12.3 Å². The van der Waals surface area contributed by atoms with E-state index >= 15 is 0 Å². The highest BCUT2D eigenvalue weighted by Crippen LogP contribution is 2.21. The molecule has 0 spiro atoms. The number of nitrogens with two attached hydrogens (primary N) is 1. The van der Waals surface area contributed by atoms with Gasteiger partial charge in [-0.25, -0.2) is 17.5 Å². The number of carbonyl (C=O) groups excluding carboxylic acids is 1. The molecule has 1 amide bonds. The highest BCUT2D eigenvalue weighted by atomic mass is 32.2. The van der Waals surface area contributed by atoms with Crippen molar-refractivity contribution in [2.24, 2.45) is 0 Å². The Morgan fingerprint density at radius 2 is 1.93 bits per heavy atom. The Morgan fingerprint density at radius 1 is 1.31 bits per heavy atom. The summed E-state index contributed by atoms with van der Waals surface area (Å²) in [7, 11) is -3.53. The molecule has 10 heteroatoms. The summed E-state index contributed by atoms with van der Waals surface area (Å²) < 4.78 is 38.6. The first-order valence-corrected chi connectivity index (χ1v) is 10.7. The van der Waals surface area contributed by atoms with Crippen LogP contribution in [-0.2, 0) is 21.1 Å². The van der Waals surface area contributed by atoms with Gasteiger partial charge in [0.2, 0.25) is 5.91 Å². The van der Waals surface area contributed by atoms with Gasteiger partial charge in [0.15, 0.2) is 9.84 Å². The maximum atomic E-state index is 13.1. The highest BCUT2D eigenvalue weighted by Gasteiger charge is 2.30. The average Bonchev–Trinajstić information content (AvgIpc) is 3.00. The minimum Gasteiger partial charge on any atom is -0.382 e. The minimum atomic E-state index is -3.53. The van der Waals surface area contributed by atoms with Gasteiger partial charge in [0.05, 0.1) is 16.6 Å². The summed E-state index contributed by atoms with van der Waals surface area (Å²) in [6.45, 7) is 4.66. The molecular weight excluding hydrogens is 397 g/mol. The zero-order valence-electron chi connectivity index (χ0n) is 16.5. The van der Waals surface area contributed by atoms with Gasteiger partial charge in [-0.1, -0.05) is 0 Å². The molecule has 1 aromatic carbocycles. The van der Waals surface area contributed by atoms with Crippen molar-refractivity contribution in [1.29, 1.82) is 5.26 Å².